The topological polar surface area (TPSA) is 71.4 Å². The van der Waals surface area contributed by atoms with Crippen molar-refractivity contribution in [2.24, 2.45) is 0 Å². The number of sulfone groups is 1. The highest BCUT2D eigenvalue weighted by molar-refractivity contribution is 7.90. The molecule has 1 aromatic carbocycles. The predicted octanol–water partition coefficient (Wildman–Crippen LogP) is 1.41. The molecule has 15 heavy (non-hydrogen) atoms. The summed E-state index contributed by atoms with van der Waals surface area (Å²) in [7, 11) is -3.38. The van der Waals surface area contributed by atoms with Crippen LogP contribution in [0.1, 0.15) is 21.5 Å². The molecule has 0 amide bonds. The highest BCUT2D eigenvalue weighted by atomic mass is 32.2. The summed E-state index contributed by atoms with van der Waals surface area (Å²) < 4.78 is 22.8. The molecule has 0 aromatic heterocycles. The third-order valence-corrected chi connectivity index (χ3v) is 3.49. The van der Waals surface area contributed by atoms with E-state index in [-0.39, 0.29) is 10.5 Å². The summed E-state index contributed by atoms with van der Waals surface area (Å²) in [6.45, 7) is 3.35. The SMILES string of the molecule is Cc1cc(C(=O)O)cc(S(C)(=O)=O)c1C. The van der Waals surface area contributed by atoms with Gasteiger partial charge >= 0.3 is 5.97 Å². The molecule has 0 atom stereocenters. The Morgan fingerprint density at radius 1 is 1.27 bits per heavy atom. The summed E-state index contributed by atoms with van der Waals surface area (Å²) in [5.41, 5.74) is 1.26. The van der Waals surface area contributed by atoms with E-state index in [1.807, 2.05) is 0 Å². The van der Waals surface area contributed by atoms with Crippen LogP contribution in [-0.4, -0.2) is 25.7 Å². The van der Waals surface area contributed by atoms with Gasteiger partial charge in [0.2, 0.25) is 0 Å². The molecular formula is C10H12O4S. The monoisotopic (exact) mass is 228 g/mol. The average molecular weight is 228 g/mol. The molecule has 5 heteroatoms. The zero-order valence-electron chi connectivity index (χ0n) is 8.73. The number of carbonyl (C=O) groups is 1. The minimum Gasteiger partial charge on any atom is -0.478 e. The van der Waals surface area contributed by atoms with Gasteiger partial charge < -0.3 is 5.11 Å². The summed E-state index contributed by atoms with van der Waals surface area (Å²) in [6.07, 6.45) is 1.07. The Bertz CT molecular complexity index is 514. The highest BCUT2D eigenvalue weighted by Gasteiger charge is 2.16. The molecule has 0 radical (unpaired) electrons. The molecule has 0 fully saturated rings. The second-order valence-corrected chi connectivity index (χ2v) is 5.48. The molecule has 0 aliphatic carbocycles. The van der Waals surface area contributed by atoms with Crippen molar-refractivity contribution >= 4 is 15.8 Å². The van der Waals surface area contributed by atoms with Crippen molar-refractivity contribution in [2.75, 3.05) is 6.26 Å². The molecule has 0 aliphatic rings. The Balaban J connectivity index is 3.59. The van der Waals surface area contributed by atoms with Crippen molar-refractivity contribution in [1.82, 2.24) is 0 Å². The van der Waals surface area contributed by atoms with Crippen molar-refractivity contribution < 1.29 is 18.3 Å². The lowest BCUT2D eigenvalue weighted by Gasteiger charge is -2.08. The fourth-order valence-electron chi connectivity index (χ4n) is 1.34. The van der Waals surface area contributed by atoms with Crippen molar-refractivity contribution in [2.45, 2.75) is 18.7 Å². The summed E-state index contributed by atoms with van der Waals surface area (Å²) in [4.78, 5) is 10.8. The second kappa shape index (κ2) is 3.66. The molecule has 0 saturated heterocycles. The van der Waals surface area contributed by atoms with Gasteiger partial charge in [-0.2, -0.15) is 0 Å². The van der Waals surface area contributed by atoms with Crippen LogP contribution in [0.5, 0.6) is 0 Å². The summed E-state index contributed by atoms with van der Waals surface area (Å²) in [6, 6.07) is 2.66. The van der Waals surface area contributed by atoms with E-state index < -0.39 is 15.8 Å². The van der Waals surface area contributed by atoms with Gasteiger partial charge in [-0.1, -0.05) is 0 Å². The van der Waals surface area contributed by atoms with Crippen LogP contribution in [0, 0.1) is 13.8 Å². The molecule has 0 unspecified atom stereocenters. The van der Waals surface area contributed by atoms with Crippen LogP contribution in [-0.2, 0) is 9.84 Å². The van der Waals surface area contributed by atoms with Gasteiger partial charge in [0.05, 0.1) is 10.5 Å². The molecule has 1 aromatic rings. The standard InChI is InChI=1S/C10H12O4S/c1-6-4-8(10(11)12)5-9(7(6)2)15(3,13)14/h4-5H,1-3H3,(H,11,12). The van der Waals surface area contributed by atoms with Crippen molar-refractivity contribution in [1.29, 1.82) is 0 Å². The normalized spacial score (nSPS) is 11.4. The lowest BCUT2D eigenvalue weighted by Crippen LogP contribution is -2.06. The largest absolute Gasteiger partial charge is 0.478 e. The minimum absolute atomic E-state index is 0.00137. The molecule has 0 aliphatic heterocycles. The fourth-order valence-corrected chi connectivity index (χ4v) is 2.39. The molecular weight excluding hydrogens is 216 g/mol. The van der Waals surface area contributed by atoms with E-state index in [1.165, 1.54) is 12.1 Å². The second-order valence-electron chi connectivity index (χ2n) is 3.49. The molecule has 0 heterocycles. The van der Waals surface area contributed by atoms with E-state index >= 15 is 0 Å². The van der Waals surface area contributed by atoms with Gasteiger partial charge in [-0.05, 0) is 37.1 Å². The zero-order valence-corrected chi connectivity index (χ0v) is 9.55. The van der Waals surface area contributed by atoms with Crippen LogP contribution in [0.2, 0.25) is 0 Å². The van der Waals surface area contributed by atoms with Gasteiger partial charge in [0.25, 0.3) is 0 Å². The highest BCUT2D eigenvalue weighted by Crippen LogP contribution is 2.20. The number of hydrogen-bond donors (Lipinski definition) is 1. The van der Waals surface area contributed by atoms with E-state index in [0.717, 1.165) is 6.26 Å². The number of benzene rings is 1. The first-order valence-corrected chi connectivity index (χ1v) is 6.17. The van der Waals surface area contributed by atoms with Gasteiger partial charge in [-0.15, -0.1) is 0 Å². The number of hydrogen-bond acceptors (Lipinski definition) is 3. The Hall–Kier alpha value is -1.36. The fraction of sp³-hybridized carbons (Fsp3) is 0.300. The van der Waals surface area contributed by atoms with Gasteiger partial charge in [0, 0.05) is 6.26 Å². The Morgan fingerprint density at radius 3 is 2.20 bits per heavy atom. The number of carboxylic acids is 1. The molecule has 4 nitrogen and oxygen atoms in total. The van der Waals surface area contributed by atoms with Gasteiger partial charge in [0.1, 0.15) is 0 Å². The van der Waals surface area contributed by atoms with E-state index in [9.17, 15) is 13.2 Å². The maximum Gasteiger partial charge on any atom is 0.335 e. The van der Waals surface area contributed by atoms with Crippen LogP contribution >= 0.6 is 0 Å². The van der Waals surface area contributed by atoms with E-state index in [4.69, 9.17) is 5.11 Å². The third-order valence-electron chi connectivity index (χ3n) is 2.27. The molecule has 0 spiro atoms. The first-order chi connectivity index (χ1) is 6.73. The van der Waals surface area contributed by atoms with Crippen molar-refractivity contribution in [3.05, 3.63) is 28.8 Å². The first kappa shape index (κ1) is 11.7. The van der Waals surface area contributed by atoms with Crippen LogP contribution in [0.4, 0.5) is 0 Å². The average Bonchev–Trinajstić information content (AvgIpc) is 2.06. The maximum atomic E-state index is 11.4. The Labute approximate surface area is 88.5 Å². The van der Waals surface area contributed by atoms with Crippen molar-refractivity contribution in [3.8, 4) is 0 Å². The zero-order chi connectivity index (χ0) is 11.8. The maximum absolute atomic E-state index is 11.4. The molecule has 0 bridgehead atoms. The van der Waals surface area contributed by atoms with E-state index in [2.05, 4.69) is 0 Å². The van der Waals surface area contributed by atoms with Crippen molar-refractivity contribution in [3.63, 3.8) is 0 Å². The van der Waals surface area contributed by atoms with Gasteiger partial charge in [-0.3, -0.25) is 0 Å². The van der Waals surface area contributed by atoms with Crippen LogP contribution in [0.25, 0.3) is 0 Å². The van der Waals surface area contributed by atoms with Crippen LogP contribution in [0.3, 0.4) is 0 Å². The number of aryl methyl sites for hydroxylation is 1. The molecule has 1 rings (SSSR count). The number of rotatable bonds is 2. The van der Waals surface area contributed by atoms with Crippen LogP contribution < -0.4 is 0 Å². The lowest BCUT2D eigenvalue weighted by molar-refractivity contribution is 0.0696. The summed E-state index contributed by atoms with van der Waals surface area (Å²) in [5, 5.41) is 8.80. The molecule has 82 valence electrons. The molecule has 0 saturated carbocycles. The van der Waals surface area contributed by atoms with E-state index in [1.54, 1.807) is 13.8 Å². The van der Waals surface area contributed by atoms with Gasteiger partial charge in [0.15, 0.2) is 9.84 Å². The van der Waals surface area contributed by atoms with Gasteiger partial charge in [-0.25, -0.2) is 13.2 Å². The van der Waals surface area contributed by atoms with Crippen LogP contribution in [0.15, 0.2) is 17.0 Å². The first-order valence-electron chi connectivity index (χ1n) is 4.28. The smallest absolute Gasteiger partial charge is 0.335 e. The summed E-state index contributed by atoms with van der Waals surface area (Å²) >= 11 is 0. The Morgan fingerprint density at radius 2 is 1.80 bits per heavy atom. The lowest BCUT2D eigenvalue weighted by atomic mass is 10.1. The third kappa shape index (κ3) is 2.36. The number of aromatic carboxylic acids is 1. The quantitative estimate of drug-likeness (QED) is 0.830. The predicted molar refractivity (Wildman–Crippen MR) is 56.0 cm³/mol. The Kier molecular flexibility index (Phi) is 2.86. The van der Waals surface area contributed by atoms with E-state index in [0.29, 0.717) is 11.1 Å². The number of carboxylic acid groups (broad SMARTS) is 1. The molecule has 1 N–H and O–H groups in total. The minimum atomic E-state index is -3.38. The summed E-state index contributed by atoms with van der Waals surface area (Å²) in [5.74, 6) is -1.12.